The quantitative estimate of drug-likeness (QED) is 0.653. The van der Waals surface area contributed by atoms with Crippen LogP contribution in [-0.2, 0) is 13.0 Å². The molecule has 0 saturated carbocycles. The van der Waals surface area contributed by atoms with E-state index in [4.69, 9.17) is 5.11 Å². The van der Waals surface area contributed by atoms with Gasteiger partial charge in [0.1, 0.15) is 5.69 Å². The van der Waals surface area contributed by atoms with Crippen LogP contribution in [0.3, 0.4) is 0 Å². The van der Waals surface area contributed by atoms with Crippen LogP contribution in [0.15, 0.2) is 12.1 Å². The van der Waals surface area contributed by atoms with Crippen LogP contribution in [0.2, 0.25) is 0 Å². The summed E-state index contributed by atoms with van der Waals surface area (Å²) in [5.41, 5.74) is 1.58. The minimum absolute atomic E-state index is 0.428. The van der Waals surface area contributed by atoms with Crippen LogP contribution in [0.25, 0.3) is 0 Å². The van der Waals surface area contributed by atoms with Gasteiger partial charge in [0.05, 0.1) is 0 Å². The lowest BCUT2D eigenvalue weighted by Crippen LogP contribution is -2.05. The number of aromatic nitrogens is 1. The normalized spacial score (nSPS) is 14.9. The Kier molecular flexibility index (Phi) is 1.24. The standard InChI is InChI=1S/C8H9NO2/c10-8(11)7-4-3-6-2-1-5-9(6)7/h3-4H,1-2,5H2,(H,10,11). The molecule has 3 nitrogen and oxygen atoms in total. The van der Waals surface area contributed by atoms with Crippen LogP contribution >= 0.6 is 0 Å². The average molecular weight is 151 g/mol. The highest BCUT2D eigenvalue weighted by atomic mass is 16.4. The van der Waals surface area contributed by atoms with E-state index in [0.717, 1.165) is 25.1 Å². The number of nitrogens with zero attached hydrogens (tertiary/aromatic N) is 1. The van der Waals surface area contributed by atoms with Crippen LogP contribution < -0.4 is 0 Å². The van der Waals surface area contributed by atoms with Gasteiger partial charge < -0.3 is 9.67 Å². The van der Waals surface area contributed by atoms with E-state index in [1.807, 2.05) is 10.6 Å². The van der Waals surface area contributed by atoms with Crippen molar-refractivity contribution < 1.29 is 9.90 Å². The summed E-state index contributed by atoms with van der Waals surface area (Å²) in [6, 6.07) is 3.58. The topological polar surface area (TPSA) is 42.2 Å². The first kappa shape index (κ1) is 6.46. The summed E-state index contributed by atoms with van der Waals surface area (Å²) in [5.74, 6) is -0.821. The number of aryl methyl sites for hydroxylation is 1. The molecule has 0 aromatic carbocycles. The number of hydrogen-bond acceptors (Lipinski definition) is 1. The zero-order chi connectivity index (χ0) is 7.84. The second-order valence-electron chi connectivity index (χ2n) is 2.77. The molecule has 1 aliphatic rings. The number of fused-ring (bicyclic) bond motifs is 1. The molecule has 1 N–H and O–H groups in total. The predicted octanol–water partition coefficient (Wildman–Crippen LogP) is 1.13. The molecule has 0 atom stereocenters. The lowest BCUT2D eigenvalue weighted by Gasteiger charge is -1.99. The third-order valence-electron chi connectivity index (χ3n) is 2.10. The molecule has 58 valence electrons. The third-order valence-corrected chi connectivity index (χ3v) is 2.10. The van der Waals surface area contributed by atoms with Crippen molar-refractivity contribution in [3.8, 4) is 0 Å². The second-order valence-corrected chi connectivity index (χ2v) is 2.77. The molecule has 3 heteroatoms. The van der Waals surface area contributed by atoms with Gasteiger partial charge in [-0.25, -0.2) is 4.79 Å². The highest BCUT2D eigenvalue weighted by Crippen LogP contribution is 2.18. The van der Waals surface area contributed by atoms with Crippen LogP contribution in [0.1, 0.15) is 22.6 Å². The highest BCUT2D eigenvalue weighted by molar-refractivity contribution is 5.86. The molecule has 0 unspecified atom stereocenters. The van der Waals surface area contributed by atoms with E-state index < -0.39 is 5.97 Å². The lowest BCUT2D eigenvalue weighted by atomic mass is 10.3. The summed E-state index contributed by atoms with van der Waals surface area (Å²) in [4.78, 5) is 10.6. The number of carboxylic acids is 1. The van der Waals surface area contributed by atoms with Gasteiger partial charge in [-0.3, -0.25) is 0 Å². The van der Waals surface area contributed by atoms with Crippen molar-refractivity contribution in [1.29, 1.82) is 0 Å². The molecule has 1 aromatic heterocycles. The van der Waals surface area contributed by atoms with Gasteiger partial charge in [-0.2, -0.15) is 0 Å². The molecule has 11 heavy (non-hydrogen) atoms. The zero-order valence-electron chi connectivity index (χ0n) is 6.08. The van der Waals surface area contributed by atoms with Crippen molar-refractivity contribution in [2.45, 2.75) is 19.4 Å². The molecule has 0 saturated heterocycles. The smallest absolute Gasteiger partial charge is 0.352 e. The summed E-state index contributed by atoms with van der Waals surface area (Å²) in [6.07, 6.45) is 2.10. The molecule has 2 heterocycles. The fourth-order valence-corrected chi connectivity index (χ4v) is 1.60. The van der Waals surface area contributed by atoms with Gasteiger partial charge in [-0.05, 0) is 25.0 Å². The number of carbonyl (C=O) groups is 1. The summed E-state index contributed by atoms with van der Waals surface area (Å²) >= 11 is 0. The molecular formula is C8H9NO2. The Morgan fingerprint density at radius 2 is 2.36 bits per heavy atom. The molecule has 0 aliphatic carbocycles. The Morgan fingerprint density at radius 1 is 1.55 bits per heavy atom. The SMILES string of the molecule is O=C(O)c1ccc2n1CCC2. The van der Waals surface area contributed by atoms with E-state index >= 15 is 0 Å². The maximum absolute atomic E-state index is 10.6. The Labute approximate surface area is 64.3 Å². The van der Waals surface area contributed by atoms with Gasteiger partial charge in [-0.1, -0.05) is 0 Å². The van der Waals surface area contributed by atoms with Crippen molar-refractivity contribution in [2.24, 2.45) is 0 Å². The third kappa shape index (κ3) is 0.843. The van der Waals surface area contributed by atoms with Crippen LogP contribution in [0.4, 0.5) is 0 Å². The Balaban J connectivity index is 2.50. The predicted molar refractivity (Wildman–Crippen MR) is 39.7 cm³/mol. The molecule has 0 fully saturated rings. The number of carboxylic acid groups (broad SMARTS) is 1. The van der Waals surface area contributed by atoms with Crippen LogP contribution in [-0.4, -0.2) is 15.6 Å². The summed E-state index contributed by atoms with van der Waals surface area (Å²) in [5, 5.41) is 8.72. The minimum Gasteiger partial charge on any atom is -0.477 e. The van der Waals surface area contributed by atoms with E-state index in [1.165, 1.54) is 0 Å². The van der Waals surface area contributed by atoms with Crippen molar-refractivity contribution in [1.82, 2.24) is 4.57 Å². The summed E-state index contributed by atoms with van der Waals surface area (Å²) in [7, 11) is 0. The van der Waals surface area contributed by atoms with Gasteiger partial charge in [0.25, 0.3) is 0 Å². The molecule has 2 rings (SSSR count). The average Bonchev–Trinajstić information content (AvgIpc) is 2.41. The molecular weight excluding hydrogens is 142 g/mol. The van der Waals surface area contributed by atoms with Crippen molar-refractivity contribution >= 4 is 5.97 Å². The fraction of sp³-hybridized carbons (Fsp3) is 0.375. The van der Waals surface area contributed by atoms with E-state index in [2.05, 4.69) is 0 Å². The Hall–Kier alpha value is -1.25. The number of hydrogen-bond donors (Lipinski definition) is 1. The summed E-state index contributed by atoms with van der Waals surface area (Å²) < 4.78 is 1.88. The molecule has 1 aromatic rings. The van der Waals surface area contributed by atoms with Crippen molar-refractivity contribution in [3.63, 3.8) is 0 Å². The first-order chi connectivity index (χ1) is 5.29. The van der Waals surface area contributed by atoms with Gasteiger partial charge >= 0.3 is 5.97 Å². The minimum atomic E-state index is -0.821. The van der Waals surface area contributed by atoms with E-state index in [1.54, 1.807) is 6.07 Å². The Morgan fingerprint density at radius 3 is 3.09 bits per heavy atom. The Bertz CT molecular complexity index is 301. The number of aromatic carboxylic acids is 1. The van der Waals surface area contributed by atoms with Crippen LogP contribution in [0.5, 0.6) is 0 Å². The monoisotopic (exact) mass is 151 g/mol. The van der Waals surface area contributed by atoms with Gasteiger partial charge in [-0.15, -0.1) is 0 Å². The molecule has 1 aliphatic heterocycles. The summed E-state index contributed by atoms with van der Waals surface area (Å²) in [6.45, 7) is 0.865. The molecule has 0 amide bonds. The fourth-order valence-electron chi connectivity index (χ4n) is 1.60. The second kappa shape index (κ2) is 2.12. The first-order valence-corrected chi connectivity index (χ1v) is 3.71. The molecule has 0 spiro atoms. The van der Waals surface area contributed by atoms with Gasteiger partial charge in [0.2, 0.25) is 0 Å². The highest BCUT2D eigenvalue weighted by Gasteiger charge is 2.17. The first-order valence-electron chi connectivity index (χ1n) is 3.71. The molecule has 0 bridgehead atoms. The van der Waals surface area contributed by atoms with E-state index in [-0.39, 0.29) is 0 Å². The van der Waals surface area contributed by atoms with Crippen molar-refractivity contribution in [2.75, 3.05) is 0 Å². The maximum atomic E-state index is 10.6. The molecule has 0 radical (unpaired) electrons. The largest absolute Gasteiger partial charge is 0.477 e. The maximum Gasteiger partial charge on any atom is 0.352 e. The van der Waals surface area contributed by atoms with Crippen LogP contribution in [0, 0.1) is 0 Å². The van der Waals surface area contributed by atoms with Crippen molar-refractivity contribution in [3.05, 3.63) is 23.5 Å². The van der Waals surface area contributed by atoms with E-state index in [9.17, 15) is 4.79 Å². The van der Waals surface area contributed by atoms with Gasteiger partial charge in [0, 0.05) is 12.2 Å². The lowest BCUT2D eigenvalue weighted by molar-refractivity contribution is 0.0685. The van der Waals surface area contributed by atoms with E-state index in [0.29, 0.717) is 5.69 Å². The zero-order valence-corrected chi connectivity index (χ0v) is 6.08. The van der Waals surface area contributed by atoms with Gasteiger partial charge in [0.15, 0.2) is 0 Å². The number of rotatable bonds is 1.